The highest BCUT2D eigenvalue weighted by Crippen LogP contribution is 2.29. The van der Waals surface area contributed by atoms with E-state index in [1.165, 1.54) is 16.5 Å². The quantitative estimate of drug-likeness (QED) is 0.868. The molecule has 0 bridgehead atoms. The summed E-state index contributed by atoms with van der Waals surface area (Å²) in [5, 5.41) is 4.90. The van der Waals surface area contributed by atoms with Crippen molar-refractivity contribution >= 4 is 10.9 Å². The average molecular weight is 245 g/mol. The second-order valence-corrected chi connectivity index (χ2v) is 5.57. The molecule has 0 fully saturated rings. The first kappa shape index (κ1) is 13.1. The highest BCUT2D eigenvalue weighted by atomic mass is 15.0. The van der Waals surface area contributed by atoms with Gasteiger partial charge in [0, 0.05) is 42.3 Å². The van der Waals surface area contributed by atoms with Gasteiger partial charge in [0.05, 0.1) is 0 Å². The summed E-state index contributed by atoms with van der Waals surface area (Å²) in [6.07, 6.45) is 2.11. The van der Waals surface area contributed by atoms with E-state index in [9.17, 15) is 0 Å². The molecule has 0 amide bonds. The lowest BCUT2D eigenvalue weighted by molar-refractivity contribution is 0.359. The van der Waals surface area contributed by atoms with E-state index in [0.29, 0.717) is 12.6 Å². The second-order valence-electron chi connectivity index (χ2n) is 5.57. The summed E-state index contributed by atoms with van der Waals surface area (Å²) in [4.78, 5) is 0. The van der Waals surface area contributed by atoms with E-state index in [-0.39, 0.29) is 5.54 Å². The maximum atomic E-state index is 5.71. The number of benzene rings is 1. The Morgan fingerprint density at radius 1 is 1.33 bits per heavy atom. The molecule has 0 saturated carbocycles. The van der Waals surface area contributed by atoms with Gasteiger partial charge in [-0.2, -0.15) is 0 Å². The molecule has 0 aliphatic carbocycles. The van der Waals surface area contributed by atoms with Crippen LogP contribution in [0.4, 0.5) is 0 Å². The fourth-order valence-electron chi connectivity index (χ4n) is 2.60. The Morgan fingerprint density at radius 2 is 2.06 bits per heavy atom. The van der Waals surface area contributed by atoms with Gasteiger partial charge < -0.3 is 15.6 Å². The molecule has 2 rings (SSSR count). The van der Waals surface area contributed by atoms with Crippen molar-refractivity contribution in [1.82, 2.24) is 9.88 Å². The molecule has 0 aliphatic heterocycles. The lowest BCUT2D eigenvalue weighted by atomic mass is 9.90. The first-order valence-corrected chi connectivity index (χ1v) is 6.48. The maximum Gasteiger partial charge on any atom is 0.0481 e. The summed E-state index contributed by atoms with van der Waals surface area (Å²) >= 11 is 0. The highest BCUT2D eigenvalue weighted by Gasteiger charge is 2.24. The van der Waals surface area contributed by atoms with Crippen molar-refractivity contribution in [3.63, 3.8) is 0 Å². The highest BCUT2D eigenvalue weighted by molar-refractivity contribution is 5.84. The first-order chi connectivity index (χ1) is 8.45. The van der Waals surface area contributed by atoms with Crippen molar-refractivity contribution in [3.8, 4) is 0 Å². The van der Waals surface area contributed by atoms with Crippen LogP contribution in [0.1, 0.15) is 26.3 Å². The van der Waals surface area contributed by atoms with Crippen LogP contribution in [0.5, 0.6) is 0 Å². The monoisotopic (exact) mass is 245 g/mol. The molecule has 3 nitrogen and oxygen atoms in total. The minimum Gasteiger partial charge on any atom is -0.351 e. The predicted octanol–water partition coefficient (Wildman–Crippen LogP) is 2.35. The first-order valence-electron chi connectivity index (χ1n) is 6.48. The molecule has 1 aromatic heterocycles. The Labute approximate surface area is 109 Å². The van der Waals surface area contributed by atoms with E-state index in [4.69, 9.17) is 5.73 Å². The minimum absolute atomic E-state index is 0.0837. The van der Waals surface area contributed by atoms with Crippen LogP contribution >= 0.6 is 0 Å². The second kappa shape index (κ2) is 4.75. The van der Waals surface area contributed by atoms with E-state index < -0.39 is 0 Å². The molecule has 1 atom stereocenters. The molecule has 18 heavy (non-hydrogen) atoms. The minimum atomic E-state index is -0.0837. The van der Waals surface area contributed by atoms with Gasteiger partial charge in [-0.15, -0.1) is 0 Å². The zero-order valence-electron chi connectivity index (χ0n) is 11.7. The molecule has 0 spiro atoms. The number of fused-ring (bicyclic) bond motifs is 1. The van der Waals surface area contributed by atoms with Gasteiger partial charge in [0.2, 0.25) is 0 Å². The molecule has 3 N–H and O–H groups in total. The number of aryl methyl sites for hydroxylation is 1. The molecule has 0 radical (unpaired) electrons. The molecule has 1 unspecified atom stereocenters. The number of nitrogens with one attached hydrogen (secondary N) is 1. The van der Waals surface area contributed by atoms with Gasteiger partial charge in [-0.05, 0) is 38.5 Å². The van der Waals surface area contributed by atoms with Gasteiger partial charge in [0.15, 0.2) is 0 Å². The summed E-state index contributed by atoms with van der Waals surface area (Å²) in [7, 11) is 2.08. The lowest BCUT2D eigenvalue weighted by Crippen LogP contribution is -2.45. The van der Waals surface area contributed by atoms with E-state index in [0.717, 1.165) is 0 Å². The van der Waals surface area contributed by atoms with Crippen LogP contribution in [0.3, 0.4) is 0 Å². The SMILES string of the molecule is CC(CN)NC(C)(C)c1cccc2c1ccn2C. The summed E-state index contributed by atoms with van der Waals surface area (Å²) in [5.74, 6) is 0. The molecule has 2 aromatic rings. The van der Waals surface area contributed by atoms with Crippen LogP contribution in [0.15, 0.2) is 30.5 Å². The Kier molecular flexibility index (Phi) is 3.46. The zero-order chi connectivity index (χ0) is 13.3. The Balaban J connectivity index is 2.46. The predicted molar refractivity (Wildman–Crippen MR) is 77.6 cm³/mol. The fraction of sp³-hybridized carbons (Fsp3) is 0.467. The number of nitrogens with zero attached hydrogens (tertiary/aromatic N) is 1. The fourth-order valence-corrected chi connectivity index (χ4v) is 2.60. The topological polar surface area (TPSA) is 43.0 Å². The molecule has 1 heterocycles. The zero-order valence-corrected chi connectivity index (χ0v) is 11.7. The van der Waals surface area contributed by atoms with Crippen LogP contribution in [0, 0.1) is 0 Å². The molecule has 1 aromatic carbocycles. The van der Waals surface area contributed by atoms with Crippen LogP contribution in [-0.4, -0.2) is 17.2 Å². The third-order valence-corrected chi connectivity index (χ3v) is 3.56. The van der Waals surface area contributed by atoms with Gasteiger partial charge in [-0.3, -0.25) is 0 Å². The van der Waals surface area contributed by atoms with Gasteiger partial charge in [-0.1, -0.05) is 12.1 Å². The Bertz CT molecular complexity index is 540. The van der Waals surface area contributed by atoms with Crippen molar-refractivity contribution in [3.05, 3.63) is 36.0 Å². The Hall–Kier alpha value is -1.32. The van der Waals surface area contributed by atoms with E-state index in [1.54, 1.807) is 0 Å². The molecule has 0 aliphatic rings. The van der Waals surface area contributed by atoms with Crippen molar-refractivity contribution in [2.45, 2.75) is 32.4 Å². The van der Waals surface area contributed by atoms with E-state index >= 15 is 0 Å². The smallest absolute Gasteiger partial charge is 0.0481 e. The number of rotatable bonds is 4. The number of aromatic nitrogens is 1. The largest absolute Gasteiger partial charge is 0.351 e. The normalized spacial score (nSPS) is 14.1. The van der Waals surface area contributed by atoms with Gasteiger partial charge in [-0.25, -0.2) is 0 Å². The molecular weight excluding hydrogens is 222 g/mol. The van der Waals surface area contributed by atoms with Crippen molar-refractivity contribution in [2.75, 3.05) is 6.54 Å². The van der Waals surface area contributed by atoms with Gasteiger partial charge in [0.25, 0.3) is 0 Å². The number of hydrogen-bond donors (Lipinski definition) is 2. The Morgan fingerprint density at radius 3 is 2.72 bits per heavy atom. The third kappa shape index (κ3) is 2.28. The molecule has 0 saturated heterocycles. The van der Waals surface area contributed by atoms with Crippen LogP contribution < -0.4 is 11.1 Å². The van der Waals surface area contributed by atoms with Gasteiger partial charge >= 0.3 is 0 Å². The summed E-state index contributed by atoms with van der Waals surface area (Å²) in [6, 6.07) is 8.95. The molecule has 3 heteroatoms. The van der Waals surface area contributed by atoms with Gasteiger partial charge in [0.1, 0.15) is 0 Å². The summed E-state index contributed by atoms with van der Waals surface area (Å²) < 4.78 is 2.15. The number of nitrogens with two attached hydrogens (primary N) is 1. The summed E-state index contributed by atoms with van der Waals surface area (Å²) in [6.45, 7) is 7.18. The molecular formula is C15H23N3. The maximum absolute atomic E-state index is 5.71. The average Bonchev–Trinajstić information content (AvgIpc) is 2.70. The lowest BCUT2D eigenvalue weighted by Gasteiger charge is -2.31. The van der Waals surface area contributed by atoms with E-state index in [2.05, 4.69) is 68.2 Å². The van der Waals surface area contributed by atoms with Crippen molar-refractivity contribution in [2.24, 2.45) is 12.8 Å². The van der Waals surface area contributed by atoms with Crippen LogP contribution in [0.25, 0.3) is 10.9 Å². The van der Waals surface area contributed by atoms with Crippen LogP contribution in [-0.2, 0) is 12.6 Å². The number of hydrogen-bond acceptors (Lipinski definition) is 2. The van der Waals surface area contributed by atoms with Crippen molar-refractivity contribution in [1.29, 1.82) is 0 Å². The molecule has 98 valence electrons. The standard InChI is InChI=1S/C15H23N3/c1-11(10-16)17-15(2,3)13-6-5-7-14-12(13)8-9-18(14)4/h5-9,11,17H,10,16H2,1-4H3. The summed E-state index contributed by atoms with van der Waals surface area (Å²) in [5.41, 5.74) is 8.21. The van der Waals surface area contributed by atoms with E-state index in [1.807, 2.05) is 0 Å². The van der Waals surface area contributed by atoms with Crippen LogP contribution in [0.2, 0.25) is 0 Å². The third-order valence-electron chi connectivity index (χ3n) is 3.56. The van der Waals surface area contributed by atoms with Crippen molar-refractivity contribution < 1.29 is 0 Å².